The second kappa shape index (κ2) is 4.34. The second-order valence-electron chi connectivity index (χ2n) is 5.71. The number of nitrogens with two attached hydrogens (primary N) is 1. The number of nitrogens with zero attached hydrogens (tertiary/aromatic N) is 1. The maximum atomic E-state index is 5.89. The molecular formula is C15H22N2. The van der Waals surface area contributed by atoms with Crippen molar-refractivity contribution < 1.29 is 0 Å². The summed E-state index contributed by atoms with van der Waals surface area (Å²) in [4.78, 5) is 2.61. The van der Waals surface area contributed by atoms with Gasteiger partial charge >= 0.3 is 0 Å². The number of anilines is 1. The van der Waals surface area contributed by atoms with E-state index in [2.05, 4.69) is 29.2 Å². The SMILES string of the molecule is C[C@H](N)c1ccc(N(CC2CC2)C2CC2)cc1. The highest BCUT2D eigenvalue weighted by Gasteiger charge is 2.33. The van der Waals surface area contributed by atoms with Gasteiger partial charge in [0, 0.05) is 24.3 Å². The van der Waals surface area contributed by atoms with E-state index in [1.54, 1.807) is 0 Å². The van der Waals surface area contributed by atoms with E-state index in [9.17, 15) is 0 Å². The summed E-state index contributed by atoms with van der Waals surface area (Å²) in [7, 11) is 0. The van der Waals surface area contributed by atoms with E-state index in [1.165, 1.54) is 43.5 Å². The zero-order valence-corrected chi connectivity index (χ0v) is 10.6. The first-order chi connectivity index (χ1) is 8.24. The van der Waals surface area contributed by atoms with Crippen LogP contribution in [-0.4, -0.2) is 12.6 Å². The molecule has 2 fully saturated rings. The Bertz CT molecular complexity index is 374. The second-order valence-corrected chi connectivity index (χ2v) is 5.71. The minimum Gasteiger partial charge on any atom is -0.368 e. The van der Waals surface area contributed by atoms with Crippen LogP contribution in [0.4, 0.5) is 5.69 Å². The molecule has 0 spiro atoms. The summed E-state index contributed by atoms with van der Waals surface area (Å²) in [6.07, 6.45) is 5.62. The molecule has 2 heteroatoms. The monoisotopic (exact) mass is 230 g/mol. The van der Waals surface area contributed by atoms with Crippen LogP contribution in [0.2, 0.25) is 0 Å². The Hall–Kier alpha value is -1.02. The lowest BCUT2D eigenvalue weighted by atomic mass is 10.1. The molecule has 1 aromatic carbocycles. The predicted octanol–water partition coefficient (Wildman–Crippen LogP) is 3.09. The van der Waals surface area contributed by atoms with Crippen molar-refractivity contribution in [1.29, 1.82) is 0 Å². The number of benzene rings is 1. The molecule has 1 atom stereocenters. The van der Waals surface area contributed by atoms with Crippen LogP contribution in [0.3, 0.4) is 0 Å². The Kier molecular flexibility index (Phi) is 2.83. The lowest BCUT2D eigenvalue weighted by Crippen LogP contribution is -2.27. The summed E-state index contributed by atoms with van der Waals surface area (Å²) >= 11 is 0. The molecular weight excluding hydrogens is 208 g/mol. The third-order valence-electron chi connectivity index (χ3n) is 3.89. The van der Waals surface area contributed by atoms with Crippen LogP contribution in [0, 0.1) is 5.92 Å². The van der Waals surface area contributed by atoms with Crippen molar-refractivity contribution in [2.75, 3.05) is 11.4 Å². The normalized spacial score (nSPS) is 21.3. The molecule has 92 valence electrons. The van der Waals surface area contributed by atoms with Gasteiger partial charge in [-0.1, -0.05) is 12.1 Å². The van der Waals surface area contributed by atoms with Gasteiger partial charge in [0.2, 0.25) is 0 Å². The van der Waals surface area contributed by atoms with Gasteiger partial charge in [-0.3, -0.25) is 0 Å². The van der Waals surface area contributed by atoms with Gasteiger partial charge in [0.25, 0.3) is 0 Å². The lowest BCUT2D eigenvalue weighted by molar-refractivity contribution is 0.718. The van der Waals surface area contributed by atoms with E-state index in [0.717, 1.165) is 12.0 Å². The van der Waals surface area contributed by atoms with Crippen molar-refractivity contribution in [2.45, 2.75) is 44.7 Å². The average molecular weight is 230 g/mol. The Morgan fingerprint density at radius 1 is 1.18 bits per heavy atom. The van der Waals surface area contributed by atoms with Gasteiger partial charge < -0.3 is 10.6 Å². The molecule has 1 aromatic rings. The molecule has 2 N–H and O–H groups in total. The van der Waals surface area contributed by atoms with Crippen molar-refractivity contribution in [2.24, 2.45) is 11.7 Å². The van der Waals surface area contributed by atoms with Gasteiger partial charge in [-0.25, -0.2) is 0 Å². The molecule has 0 amide bonds. The largest absolute Gasteiger partial charge is 0.368 e. The van der Waals surface area contributed by atoms with Gasteiger partial charge in [-0.2, -0.15) is 0 Å². The molecule has 0 heterocycles. The van der Waals surface area contributed by atoms with Crippen LogP contribution in [0.15, 0.2) is 24.3 Å². The van der Waals surface area contributed by atoms with Crippen molar-refractivity contribution in [1.82, 2.24) is 0 Å². The van der Waals surface area contributed by atoms with Crippen LogP contribution < -0.4 is 10.6 Å². The summed E-state index contributed by atoms with van der Waals surface area (Å²) in [6.45, 7) is 3.31. The fourth-order valence-electron chi connectivity index (χ4n) is 2.40. The van der Waals surface area contributed by atoms with Crippen LogP contribution in [0.25, 0.3) is 0 Å². The van der Waals surface area contributed by atoms with Crippen LogP contribution in [-0.2, 0) is 0 Å². The van der Waals surface area contributed by atoms with Gasteiger partial charge in [-0.05, 0) is 56.2 Å². The third kappa shape index (κ3) is 2.63. The molecule has 0 saturated heterocycles. The Morgan fingerprint density at radius 2 is 1.82 bits per heavy atom. The van der Waals surface area contributed by atoms with Crippen molar-refractivity contribution >= 4 is 5.69 Å². The van der Waals surface area contributed by atoms with Gasteiger partial charge in [-0.15, -0.1) is 0 Å². The first-order valence-corrected chi connectivity index (χ1v) is 6.86. The molecule has 0 aromatic heterocycles. The summed E-state index contributed by atoms with van der Waals surface area (Å²) in [5, 5.41) is 0. The van der Waals surface area contributed by atoms with E-state index in [1.807, 2.05) is 6.92 Å². The van der Waals surface area contributed by atoms with Crippen molar-refractivity contribution in [3.8, 4) is 0 Å². The average Bonchev–Trinajstić information content (AvgIpc) is 3.18. The molecule has 3 rings (SSSR count). The molecule has 0 bridgehead atoms. The van der Waals surface area contributed by atoms with Gasteiger partial charge in [0.15, 0.2) is 0 Å². The molecule has 2 saturated carbocycles. The van der Waals surface area contributed by atoms with Gasteiger partial charge in [0.1, 0.15) is 0 Å². The standard InChI is InChI=1S/C15H22N2/c1-11(16)13-4-6-14(7-5-13)17(15-8-9-15)10-12-2-3-12/h4-7,11-12,15H,2-3,8-10,16H2,1H3/t11-/m0/s1. The van der Waals surface area contributed by atoms with Crippen molar-refractivity contribution in [3.63, 3.8) is 0 Å². The first kappa shape index (κ1) is 11.1. The van der Waals surface area contributed by atoms with Crippen LogP contribution in [0.5, 0.6) is 0 Å². The van der Waals surface area contributed by atoms with Crippen molar-refractivity contribution in [3.05, 3.63) is 29.8 Å². The van der Waals surface area contributed by atoms with E-state index < -0.39 is 0 Å². The number of hydrogen-bond donors (Lipinski definition) is 1. The summed E-state index contributed by atoms with van der Waals surface area (Å²) in [5.74, 6) is 0.962. The Labute approximate surface area is 104 Å². The molecule has 17 heavy (non-hydrogen) atoms. The molecule has 2 aliphatic rings. The minimum absolute atomic E-state index is 0.141. The molecule has 0 unspecified atom stereocenters. The molecule has 2 aliphatic carbocycles. The van der Waals surface area contributed by atoms with Crippen LogP contribution in [0.1, 0.15) is 44.2 Å². The quantitative estimate of drug-likeness (QED) is 0.842. The zero-order chi connectivity index (χ0) is 11.8. The third-order valence-corrected chi connectivity index (χ3v) is 3.89. The van der Waals surface area contributed by atoms with E-state index in [4.69, 9.17) is 5.73 Å². The Balaban J connectivity index is 1.75. The molecule has 2 nitrogen and oxygen atoms in total. The Morgan fingerprint density at radius 3 is 2.29 bits per heavy atom. The number of hydrogen-bond acceptors (Lipinski definition) is 2. The fourth-order valence-corrected chi connectivity index (χ4v) is 2.40. The van der Waals surface area contributed by atoms with E-state index in [0.29, 0.717) is 0 Å². The molecule has 0 radical (unpaired) electrons. The topological polar surface area (TPSA) is 29.3 Å². The minimum atomic E-state index is 0.141. The summed E-state index contributed by atoms with van der Waals surface area (Å²) in [6, 6.07) is 9.82. The highest BCUT2D eigenvalue weighted by atomic mass is 15.2. The fraction of sp³-hybridized carbons (Fsp3) is 0.600. The molecule has 0 aliphatic heterocycles. The highest BCUT2D eigenvalue weighted by Crippen LogP contribution is 2.37. The lowest BCUT2D eigenvalue weighted by Gasteiger charge is -2.25. The van der Waals surface area contributed by atoms with E-state index >= 15 is 0 Å². The van der Waals surface area contributed by atoms with Crippen LogP contribution >= 0.6 is 0 Å². The predicted molar refractivity (Wildman–Crippen MR) is 72.1 cm³/mol. The summed E-state index contributed by atoms with van der Waals surface area (Å²) in [5.41, 5.74) is 8.51. The maximum absolute atomic E-state index is 5.89. The van der Waals surface area contributed by atoms with E-state index in [-0.39, 0.29) is 6.04 Å². The number of rotatable bonds is 5. The smallest absolute Gasteiger partial charge is 0.0369 e. The highest BCUT2D eigenvalue weighted by molar-refractivity contribution is 5.50. The summed E-state index contributed by atoms with van der Waals surface area (Å²) < 4.78 is 0. The van der Waals surface area contributed by atoms with Gasteiger partial charge in [0.05, 0.1) is 0 Å². The maximum Gasteiger partial charge on any atom is 0.0369 e. The zero-order valence-electron chi connectivity index (χ0n) is 10.6. The first-order valence-electron chi connectivity index (χ1n) is 6.86.